The molecule has 0 amide bonds. The average molecular weight is 222 g/mol. The van der Waals surface area contributed by atoms with Crippen molar-refractivity contribution in [1.29, 1.82) is 0 Å². The summed E-state index contributed by atoms with van der Waals surface area (Å²) in [6, 6.07) is 4.20. The number of rotatable bonds is 2. The van der Waals surface area contributed by atoms with Crippen molar-refractivity contribution in [3.05, 3.63) is 28.8 Å². The molecule has 0 fully saturated rings. The number of benzene rings is 1. The third kappa shape index (κ3) is 2.19. The molecule has 0 saturated carbocycles. The van der Waals surface area contributed by atoms with Crippen LogP contribution in [0.1, 0.15) is 5.56 Å². The second-order valence-electron chi connectivity index (χ2n) is 2.51. The van der Waals surface area contributed by atoms with Crippen molar-refractivity contribution in [2.24, 2.45) is 0 Å². The summed E-state index contributed by atoms with van der Waals surface area (Å²) >= 11 is 5.70. The van der Waals surface area contributed by atoms with Gasteiger partial charge in [-0.3, -0.25) is 0 Å². The number of nitrogens with one attached hydrogen (secondary N) is 1. The van der Waals surface area contributed by atoms with Crippen molar-refractivity contribution < 1.29 is 13.6 Å². The second kappa shape index (κ2) is 3.63. The maximum Gasteiger partial charge on any atom is 0.262 e. The van der Waals surface area contributed by atoms with Gasteiger partial charge in [-0.25, -0.2) is 8.42 Å². The van der Waals surface area contributed by atoms with E-state index in [-0.39, 0.29) is 4.90 Å². The van der Waals surface area contributed by atoms with Crippen molar-refractivity contribution in [1.82, 2.24) is 4.89 Å². The highest BCUT2D eigenvalue weighted by molar-refractivity contribution is 7.89. The standard InChI is InChI=1S/C7H8ClNO3S/c1-5-2-3-6(4-7(5)8)13(11,12)9-10/h2-4,9-10H,1H3. The summed E-state index contributed by atoms with van der Waals surface area (Å²) in [5, 5.41) is 8.67. The topological polar surface area (TPSA) is 66.4 Å². The number of sulfonamides is 1. The first kappa shape index (κ1) is 10.5. The van der Waals surface area contributed by atoms with Crippen LogP contribution in [0.25, 0.3) is 0 Å². The van der Waals surface area contributed by atoms with Gasteiger partial charge in [0.2, 0.25) is 0 Å². The Morgan fingerprint density at radius 3 is 2.54 bits per heavy atom. The molecule has 0 aliphatic rings. The van der Waals surface area contributed by atoms with Gasteiger partial charge in [-0.15, -0.1) is 0 Å². The zero-order valence-electron chi connectivity index (χ0n) is 6.78. The summed E-state index contributed by atoms with van der Waals surface area (Å²) in [6.07, 6.45) is 0. The first-order valence-corrected chi connectivity index (χ1v) is 5.25. The van der Waals surface area contributed by atoms with Crippen LogP contribution in [-0.4, -0.2) is 13.6 Å². The van der Waals surface area contributed by atoms with Crippen molar-refractivity contribution in [3.8, 4) is 0 Å². The highest BCUT2D eigenvalue weighted by Crippen LogP contribution is 2.19. The van der Waals surface area contributed by atoms with Crippen LogP contribution < -0.4 is 4.89 Å². The molecule has 0 heterocycles. The predicted octanol–water partition coefficient (Wildman–Crippen LogP) is 1.32. The lowest BCUT2D eigenvalue weighted by Gasteiger charge is -2.02. The molecule has 0 radical (unpaired) electrons. The van der Waals surface area contributed by atoms with Crippen molar-refractivity contribution in [3.63, 3.8) is 0 Å². The molecule has 0 spiro atoms. The highest BCUT2D eigenvalue weighted by atomic mass is 35.5. The van der Waals surface area contributed by atoms with Gasteiger partial charge >= 0.3 is 0 Å². The summed E-state index contributed by atoms with van der Waals surface area (Å²) in [4.78, 5) is 1.15. The van der Waals surface area contributed by atoms with E-state index in [0.717, 1.165) is 5.56 Å². The zero-order chi connectivity index (χ0) is 10.1. The monoisotopic (exact) mass is 221 g/mol. The maximum absolute atomic E-state index is 11.0. The minimum absolute atomic E-state index is 0.0643. The number of hydrogen-bond acceptors (Lipinski definition) is 3. The van der Waals surface area contributed by atoms with Crippen LogP contribution in [-0.2, 0) is 10.0 Å². The molecular weight excluding hydrogens is 214 g/mol. The molecule has 13 heavy (non-hydrogen) atoms. The summed E-state index contributed by atoms with van der Waals surface area (Å²) in [6.45, 7) is 1.76. The van der Waals surface area contributed by atoms with E-state index < -0.39 is 10.0 Å². The molecular formula is C7H8ClNO3S. The van der Waals surface area contributed by atoms with E-state index in [1.807, 2.05) is 0 Å². The largest absolute Gasteiger partial charge is 0.302 e. The van der Waals surface area contributed by atoms with Crippen LogP contribution in [0, 0.1) is 6.92 Å². The normalized spacial score (nSPS) is 11.6. The Balaban J connectivity index is 3.27. The molecule has 4 nitrogen and oxygen atoms in total. The zero-order valence-corrected chi connectivity index (χ0v) is 8.35. The third-order valence-corrected chi connectivity index (χ3v) is 3.10. The first-order valence-electron chi connectivity index (χ1n) is 3.39. The van der Waals surface area contributed by atoms with Gasteiger partial charge in [-0.1, -0.05) is 22.6 Å². The van der Waals surface area contributed by atoms with E-state index in [9.17, 15) is 8.42 Å². The van der Waals surface area contributed by atoms with E-state index in [1.54, 1.807) is 13.0 Å². The van der Waals surface area contributed by atoms with E-state index >= 15 is 0 Å². The first-order chi connectivity index (χ1) is 5.97. The maximum atomic E-state index is 11.0. The SMILES string of the molecule is Cc1ccc(S(=O)(=O)NO)cc1Cl. The molecule has 6 heteroatoms. The Bertz CT molecular complexity index is 416. The van der Waals surface area contributed by atoms with E-state index in [4.69, 9.17) is 16.8 Å². The summed E-state index contributed by atoms with van der Waals surface area (Å²) in [5.74, 6) is 0. The van der Waals surface area contributed by atoms with Crippen molar-refractivity contribution in [2.75, 3.05) is 0 Å². The van der Waals surface area contributed by atoms with Gasteiger partial charge < -0.3 is 5.21 Å². The fourth-order valence-electron chi connectivity index (χ4n) is 0.793. The smallest absolute Gasteiger partial charge is 0.262 e. The minimum atomic E-state index is -3.82. The molecule has 0 unspecified atom stereocenters. The number of aryl methyl sites for hydroxylation is 1. The average Bonchev–Trinajstić information content (AvgIpc) is 2.09. The molecule has 1 aromatic rings. The van der Waals surface area contributed by atoms with Crippen LogP contribution in [0.5, 0.6) is 0 Å². The molecule has 0 saturated heterocycles. The van der Waals surface area contributed by atoms with Crippen molar-refractivity contribution in [2.45, 2.75) is 11.8 Å². The third-order valence-electron chi connectivity index (χ3n) is 1.57. The van der Waals surface area contributed by atoms with Gasteiger partial charge in [0.15, 0.2) is 0 Å². The predicted molar refractivity (Wildman–Crippen MR) is 48.3 cm³/mol. The number of hydrogen-bond donors (Lipinski definition) is 2. The molecule has 1 rings (SSSR count). The van der Waals surface area contributed by atoms with Gasteiger partial charge in [0.1, 0.15) is 0 Å². The lowest BCUT2D eigenvalue weighted by atomic mass is 10.2. The van der Waals surface area contributed by atoms with Gasteiger partial charge in [0.05, 0.1) is 4.90 Å². The van der Waals surface area contributed by atoms with Crippen molar-refractivity contribution >= 4 is 21.6 Å². The van der Waals surface area contributed by atoms with Crippen LogP contribution in [0.4, 0.5) is 0 Å². The molecule has 2 N–H and O–H groups in total. The molecule has 0 atom stereocenters. The van der Waals surface area contributed by atoms with Crippen LogP contribution in [0.15, 0.2) is 23.1 Å². The minimum Gasteiger partial charge on any atom is -0.302 e. The lowest BCUT2D eigenvalue weighted by Crippen LogP contribution is -2.19. The molecule has 72 valence electrons. The van der Waals surface area contributed by atoms with Gasteiger partial charge in [-0.2, -0.15) is 0 Å². The van der Waals surface area contributed by atoms with Crippen LogP contribution >= 0.6 is 11.6 Å². The lowest BCUT2D eigenvalue weighted by molar-refractivity contribution is 0.242. The molecule has 0 bridgehead atoms. The summed E-state index contributed by atoms with van der Waals surface area (Å²) < 4.78 is 22.1. The summed E-state index contributed by atoms with van der Waals surface area (Å²) in [5.41, 5.74) is 0.776. The Hall–Kier alpha value is -0.620. The molecule has 0 aromatic heterocycles. The van der Waals surface area contributed by atoms with Gasteiger partial charge in [0, 0.05) is 5.02 Å². The van der Waals surface area contributed by atoms with Crippen LogP contribution in [0.3, 0.4) is 0 Å². The van der Waals surface area contributed by atoms with E-state index in [0.29, 0.717) is 5.02 Å². The number of halogens is 1. The summed E-state index contributed by atoms with van der Waals surface area (Å²) in [7, 11) is -3.82. The van der Waals surface area contributed by atoms with Gasteiger partial charge in [0.25, 0.3) is 10.0 Å². The Morgan fingerprint density at radius 1 is 1.46 bits per heavy atom. The quantitative estimate of drug-likeness (QED) is 0.741. The van der Waals surface area contributed by atoms with Gasteiger partial charge in [-0.05, 0) is 24.6 Å². The Kier molecular flexibility index (Phi) is 2.92. The second-order valence-corrected chi connectivity index (χ2v) is 4.57. The fourth-order valence-corrected chi connectivity index (χ4v) is 1.66. The van der Waals surface area contributed by atoms with E-state index in [2.05, 4.69) is 0 Å². The van der Waals surface area contributed by atoms with E-state index in [1.165, 1.54) is 17.0 Å². The fraction of sp³-hybridized carbons (Fsp3) is 0.143. The molecule has 1 aromatic carbocycles. The molecule has 0 aliphatic heterocycles. The highest BCUT2D eigenvalue weighted by Gasteiger charge is 2.12. The Morgan fingerprint density at radius 2 is 2.08 bits per heavy atom. The molecule has 0 aliphatic carbocycles. The van der Waals surface area contributed by atoms with Crippen LogP contribution in [0.2, 0.25) is 5.02 Å². The Labute approximate surface area is 81.2 Å².